The first-order valence-corrected chi connectivity index (χ1v) is 8.37. The Balaban J connectivity index is 1.51. The summed E-state index contributed by atoms with van der Waals surface area (Å²) >= 11 is 0. The number of aromatic nitrogens is 3. The van der Waals surface area contributed by atoms with Gasteiger partial charge in [-0.3, -0.25) is 14.3 Å². The number of anilines is 2. The molecule has 0 radical (unpaired) electrons. The van der Waals surface area contributed by atoms with Gasteiger partial charge in [-0.05, 0) is 32.4 Å². The molecule has 2 amide bonds. The summed E-state index contributed by atoms with van der Waals surface area (Å²) < 4.78 is 2.01. The number of carbonyl (C=O) groups excluding carboxylic acids is 2. The van der Waals surface area contributed by atoms with Crippen LogP contribution in [-0.4, -0.2) is 51.1 Å². The molecule has 1 atom stereocenters. The smallest absolute Gasteiger partial charge is 0.255 e. The monoisotopic (exact) mass is 340 g/mol. The van der Waals surface area contributed by atoms with Crippen molar-refractivity contribution in [3.63, 3.8) is 0 Å². The fourth-order valence-electron chi connectivity index (χ4n) is 3.50. The molecule has 0 saturated carbocycles. The number of likely N-dealkylation sites (tertiary alicyclic amines) is 1. The van der Waals surface area contributed by atoms with Gasteiger partial charge in [0.05, 0.1) is 29.5 Å². The summed E-state index contributed by atoms with van der Waals surface area (Å²) in [6.07, 6.45) is 2.44. The summed E-state index contributed by atoms with van der Waals surface area (Å²) in [5.41, 5.74) is 3.14. The third-order valence-electron chi connectivity index (χ3n) is 4.67. The van der Waals surface area contributed by atoms with Gasteiger partial charge in [0.15, 0.2) is 0 Å². The Morgan fingerprint density at radius 1 is 1.32 bits per heavy atom. The highest BCUT2D eigenvalue weighted by atomic mass is 16.2. The Morgan fingerprint density at radius 2 is 2.16 bits per heavy atom. The van der Waals surface area contributed by atoms with E-state index in [1.165, 1.54) is 0 Å². The average molecular weight is 340 g/mol. The Labute approximate surface area is 145 Å². The highest BCUT2D eigenvalue weighted by Crippen LogP contribution is 2.27. The minimum atomic E-state index is -0.135. The van der Waals surface area contributed by atoms with Crippen LogP contribution in [-0.2, 0) is 4.79 Å². The van der Waals surface area contributed by atoms with Crippen LogP contribution in [0.25, 0.3) is 0 Å². The summed E-state index contributed by atoms with van der Waals surface area (Å²) in [4.78, 5) is 30.4. The van der Waals surface area contributed by atoms with Crippen molar-refractivity contribution in [2.75, 3.05) is 30.3 Å². The van der Waals surface area contributed by atoms with Crippen LogP contribution in [0.4, 0.5) is 11.5 Å². The second-order valence-electron chi connectivity index (χ2n) is 6.59. The maximum atomic E-state index is 12.8. The number of nitrogens with zero attached hydrogens (tertiary/aromatic N) is 4. The molecule has 4 rings (SSSR count). The van der Waals surface area contributed by atoms with Crippen molar-refractivity contribution in [3.8, 4) is 0 Å². The number of carbonyl (C=O) groups is 2. The molecule has 1 fully saturated rings. The molecule has 0 aliphatic carbocycles. The van der Waals surface area contributed by atoms with Crippen molar-refractivity contribution in [1.82, 2.24) is 19.7 Å². The van der Waals surface area contributed by atoms with Gasteiger partial charge in [-0.25, -0.2) is 4.98 Å². The van der Waals surface area contributed by atoms with Crippen LogP contribution in [0, 0.1) is 13.8 Å². The molecule has 2 aromatic heterocycles. The van der Waals surface area contributed by atoms with E-state index in [4.69, 9.17) is 0 Å². The standard InChI is InChI=1S/C17H20N6O2/c1-10-5-11(2)23(21-10)13-3-4-22(9-13)17(25)12-6-14-16(18-7-12)19-8-15(24)20-14/h5-7,13H,3-4,8-9H2,1-2H3,(H,18,19)(H,20,24). The minimum absolute atomic E-state index is 0.0702. The summed E-state index contributed by atoms with van der Waals surface area (Å²) in [6.45, 7) is 5.52. The normalized spacial score (nSPS) is 19.4. The molecule has 2 aliphatic rings. The zero-order valence-corrected chi connectivity index (χ0v) is 14.2. The quantitative estimate of drug-likeness (QED) is 0.861. The first-order valence-electron chi connectivity index (χ1n) is 8.37. The van der Waals surface area contributed by atoms with Crippen LogP contribution in [0.15, 0.2) is 18.3 Å². The van der Waals surface area contributed by atoms with Crippen LogP contribution in [0.2, 0.25) is 0 Å². The average Bonchev–Trinajstić information content (AvgIpc) is 3.19. The van der Waals surface area contributed by atoms with E-state index in [0.29, 0.717) is 30.2 Å². The maximum absolute atomic E-state index is 12.8. The fraction of sp³-hybridized carbons (Fsp3) is 0.412. The molecule has 2 aromatic rings. The molecule has 1 unspecified atom stereocenters. The van der Waals surface area contributed by atoms with Crippen LogP contribution in [0.1, 0.15) is 34.2 Å². The molecule has 2 aliphatic heterocycles. The van der Waals surface area contributed by atoms with E-state index in [2.05, 4.69) is 20.7 Å². The lowest BCUT2D eigenvalue weighted by Gasteiger charge is -2.20. The van der Waals surface area contributed by atoms with Crippen molar-refractivity contribution in [2.24, 2.45) is 0 Å². The highest BCUT2D eigenvalue weighted by molar-refractivity contribution is 6.02. The van der Waals surface area contributed by atoms with Crippen LogP contribution in [0.3, 0.4) is 0 Å². The largest absolute Gasteiger partial charge is 0.359 e. The van der Waals surface area contributed by atoms with Crippen LogP contribution >= 0.6 is 0 Å². The molecule has 8 heteroatoms. The minimum Gasteiger partial charge on any atom is -0.359 e. The summed E-state index contributed by atoms with van der Waals surface area (Å²) in [5.74, 6) is 0.391. The Hall–Kier alpha value is -2.90. The lowest BCUT2D eigenvalue weighted by atomic mass is 10.2. The molecule has 130 valence electrons. The highest BCUT2D eigenvalue weighted by Gasteiger charge is 2.30. The van der Waals surface area contributed by atoms with Crippen molar-refractivity contribution in [1.29, 1.82) is 0 Å². The van der Waals surface area contributed by atoms with Crippen molar-refractivity contribution >= 4 is 23.3 Å². The number of nitrogens with one attached hydrogen (secondary N) is 2. The number of amides is 2. The molecular formula is C17H20N6O2. The number of pyridine rings is 1. The predicted octanol–water partition coefficient (Wildman–Crippen LogP) is 1.35. The molecule has 8 nitrogen and oxygen atoms in total. The van der Waals surface area contributed by atoms with Gasteiger partial charge in [0, 0.05) is 25.0 Å². The predicted molar refractivity (Wildman–Crippen MR) is 92.6 cm³/mol. The topological polar surface area (TPSA) is 92.2 Å². The molecule has 2 N–H and O–H groups in total. The first-order chi connectivity index (χ1) is 12.0. The van der Waals surface area contributed by atoms with Crippen molar-refractivity contribution < 1.29 is 9.59 Å². The van der Waals surface area contributed by atoms with E-state index in [1.54, 1.807) is 12.3 Å². The van der Waals surface area contributed by atoms with Gasteiger partial charge in [0.2, 0.25) is 5.91 Å². The zero-order chi connectivity index (χ0) is 17.6. The number of hydrogen-bond acceptors (Lipinski definition) is 5. The third-order valence-corrected chi connectivity index (χ3v) is 4.67. The van der Waals surface area contributed by atoms with Crippen LogP contribution < -0.4 is 10.6 Å². The van der Waals surface area contributed by atoms with Crippen molar-refractivity contribution in [2.45, 2.75) is 26.3 Å². The number of aryl methyl sites for hydroxylation is 2. The fourth-order valence-corrected chi connectivity index (χ4v) is 3.50. The van der Waals surface area contributed by atoms with Gasteiger partial charge in [-0.1, -0.05) is 0 Å². The van der Waals surface area contributed by atoms with Gasteiger partial charge in [0.25, 0.3) is 5.91 Å². The van der Waals surface area contributed by atoms with Gasteiger partial charge in [0.1, 0.15) is 5.82 Å². The summed E-state index contributed by atoms with van der Waals surface area (Å²) in [5, 5.41) is 10.2. The van der Waals surface area contributed by atoms with Crippen LogP contribution in [0.5, 0.6) is 0 Å². The molecular weight excluding hydrogens is 320 g/mol. The second kappa shape index (κ2) is 5.87. The third kappa shape index (κ3) is 2.84. The molecule has 1 saturated heterocycles. The SMILES string of the molecule is Cc1cc(C)n(C2CCN(C(=O)c3cnc4c(c3)NC(=O)CN4)C2)n1. The number of fused-ring (bicyclic) bond motifs is 1. The van der Waals surface area contributed by atoms with Crippen molar-refractivity contribution in [3.05, 3.63) is 35.3 Å². The maximum Gasteiger partial charge on any atom is 0.255 e. The molecule has 4 heterocycles. The number of hydrogen-bond donors (Lipinski definition) is 2. The van der Waals surface area contributed by atoms with Gasteiger partial charge in [-0.15, -0.1) is 0 Å². The lowest BCUT2D eigenvalue weighted by molar-refractivity contribution is -0.114. The van der Waals surface area contributed by atoms with E-state index >= 15 is 0 Å². The molecule has 0 spiro atoms. The Morgan fingerprint density at radius 3 is 2.92 bits per heavy atom. The Kier molecular flexibility index (Phi) is 3.67. The van der Waals surface area contributed by atoms with E-state index in [9.17, 15) is 9.59 Å². The molecule has 25 heavy (non-hydrogen) atoms. The van der Waals surface area contributed by atoms with Gasteiger partial charge < -0.3 is 15.5 Å². The van der Waals surface area contributed by atoms with E-state index in [1.807, 2.05) is 29.5 Å². The van der Waals surface area contributed by atoms with E-state index in [0.717, 1.165) is 17.8 Å². The summed E-state index contributed by atoms with van der Waals surface area (Å²) in [6, 6.07) is 3.93. The second-order valence-corrected chi connectivity index (χ2v) is 6.59. The van der Waals surface area contributed by atoms with E-state index < -0.39 is 0 Å². The molecule has 0 bridgehead atoms. The first kappa shape index (κ1) is 15.6. The van der Waals surface area contributed by atoms with Gasteiger partial charge >= 0.3 is 0 Å². The number of rotatable bonds is 2. The Bertz CT molecular complexity index is 859. The zero-order valence-electron chi connectivity index (χ0n) is 14.2. The van der Waals surface area contributed by atoms with E-state index in [-0.39, 0.29) is 24.4 Å². The van der Waals surface area contributed by atoms with Gasteiger partial charge in [-0.2, -0.15) is 5.10 Å². The lowest BCUT2D eigenvalue weighted by Crippen LogP contribution is -2.31. The summed E-state index contributed by atoms with van der Waals surface area (Å²) in [7, 11) is 0. The molecule has 0 aromatic carbocycles.